The van der Waals surface area contributed by atoms with Crippen LogP contribution < -0.4 is 10.2 Å². The number of carbonyl (C=O) groups excluding carboxylic acids is 2. The van der Waals surface area contributed by atoms with Gasteiger partial charge in [0.1, 0.15) is 5.82 Å². The number of nitrogens with zero attached hydrogens (tertiary/aromatic N) is 2. The second-order valence-electron chi connectivity index (χ2n) is 8.34. The van der Waals surface area contributed by atoms with E-state index in [2.05, 4.69) is 10.3 Å². The molecule has 7 nitrogen and oxygen atoms in total. The molecule has 1 heterocycles. The average molecular weight is 498 g/mol. The number of benzene rings is 2. The van der Waals surface area contributed by atoms with Gasteiger partial charge in [0, 0.05) is 18.9 Å². The molecule has 0 radical (unpaired) electrons. The maximum Gasteiger partial charge on any atom is 0.260 e. The Morgan fingerprint density at radius 3 is 2.44 bits per heavy atom. The summed E-state index contributed by atoms with van der Waals surface area (Å²) in [6.07, 6.45) is 3.61. The number of amides is 2. The number of nitrogens with one attached hydrogen (secondary N) is 1. The van der Waals surface area contributed by atoms with Crippen LogP contribution in [0.5, 0.6) is 0 Å². The molecule has 0 saturated heterocycles. The monoisotopic (exact) mass is 497 g/mol. The van der Waals surface area contributed by atoms with E-state index in [0.29, 0.717) is 17.1 Å². The van der Waals surface area contributed by atoms with Crippen LogP contribution in [-0.4, -0.2) is 38.0 Å². The maximum absolute atomic E-state index is 12.8. The highest BCUT2D eigenvalue weighted by molar-refractivity contribution is 7.91. The van der Waals surface area contributed by atoms with Crippen molar-refractivity contribution in [2.45, 2.75) is 24.2 Å². The largest absolute Gasteiger partial charge is 0.326 e. The summed E-state index contributed by atoms with van der Waals surface area (Å²) in [5, 5.41) is 2.96. The van der Waals surface area contributed by atoms with Crippen LogP contribution in [0.1, 0.15) is 28.8 Å². The fourth-order valence-corrected chi connectivity index (χ4v) is 5.46. The highest BCUT2D eigenvalue weighted by Crippen LogP contribution is 2.32. The van der Waals surface area contributed by atoms with Gasteiger partial charge in [-0.15, -0.1) is 0 Å². The van der Waals surface area contributed by atoms with Crippen molar-refractivity contribution >= 4 is 44.8 Å². The summed E-state index contributed by atoms with van der Waals surface area (Å²) >= 11 is 6.32. The summed E-state index contributed by atoms with van der Waals surface area (Å²) in [6, 6.07) is 16.4. The van der Waals surface area contributed by atoms with Crippen LogP contribution in [0.4, 0.5) is 11.5 Å². The highest BCUT2D eigenvalue weighted by atomic mass is 35.5. The summed E-state index contributed by atoms with van der Waals surface area (Å²) in [5.74, 6) is 0.350. The van der Waals surface area contributed by atoms with Crippen LogP contribution in [0.3, 0.4) is 0 Å². The summed E-state index contributed by atoms with van der Waals surface area (Å²) in [4.78, 5) is 31.1. The average Bonchev–Trinajstić information content (AvgIpc) is 3.62. The molecule has 176 valence electrons. The van der Waals surface area contributed by atoms with Crippen molar-refractivity contribution in [1.82, 2.24) is 4.98 Å². The molecule has 0 spiro atoms. The molecule has 0 unspecified atom stereocenters. The summed E-state index contributed by atoms with van der Waals surface area (Å²) in [7, 11) is -1.67. The first-order chi connectivity index (χ1) is 16.2. The van der Waals surface area contributed by atoms with Crippen molar-refractivity contribution in [3.63, 3.8) is 0 Å². The standard InChI is InChI=1S/C25H24ClN3O4S/c1-29(23-4-2-3-13-27-23)25(31)21-12-9-19(15-22(21)26)28-24(30)14-17-7-10-20(11-8-17)34(32,33)16-18-5-6-18/h2-4,7-13,15,18H,5-6,14,16H2,1H3,(H,28,30). The van der Waals surface area contributed by atoms with Crippen molar-refractivity contribution in [3.8, 4) is 0 Å². The number of sulfone groups is 1. The quantitative estimate of drug-likeness (QED) is 0.498. The third-order valence-corrected chi connectivity index (χ3v) is 7.79. The van der Waals surface area contributed by atoms with Gasteiger partial charge in [-0.1, -0.05) is 29.8 Å². The van der Waals surface area contributed by atoms with Gasteiger partial charge in [-0.2, -0.15) is 0 Å². The van der Waals surface area contributed by atoms with Crippen molar-refractivity contribution in [2.24, 2.45) is 5.92 Å². The van der Waals surface area contributed by atoms with Crippen molar-refractivity contribution in [2.75, 3.05) is 23.0 Å². The zero-order chi connectivity index (χ0) is 24.3. The van der Waals surface area contributed by atoms with Crippen molar-refractivity contribution in [3.05, 3.63) is 83.0 Å². The molecule has 1 aliphatic carbocycles. The van der Waals surface area contributed by atoms with Gasteiger partial charge in [0.25, 0.3) is 5.91 Å². The molecular weight excluding hydrogens is 474 g/mol. The van der Waals surface area contributed by atoms with Crippen LogP contribution in [0.15, 0.2) is 71.8 Å². The molecule has 1 aliphatic rings. The molecule has 1 N–H and O–H groups in total. The fourth-order valence-electron chi connectivity index (χ4n) is 3.50. The highest BCUT2D eigenvalue weighted by Gasteiger charge is 2.29. The Morgan fingerprint density at radius 2 is 1.82 bits per heavy atom. The van der Waals surface area contributed by atoms with Gasteiger partial charge in [0.2, 0.25) is 5.91 Å². The Labute approximate surface area is 203 Å². The zero-order valence-corrected chi connectivity index (χ0v) is 20.1. The molecule has 34 heavy (non-hydrogen) atoms. The number of hydrogen-bond donors (Lipinski definition) is 1. The zero-order valence-electron chi connectivity index (χ0n) is 18.6. The number of hydrogen-bond acceptors (Lipinski definition) is 5. The molecule has 0 atom stereocenters. The Kier molecular flexibility index (Phi) is 7.00. The van der Waals surface area contributed by atoms with Crippen LogP contribution in [0, 0.1) is 5.92 Å². The number of aromatic nitrogens is 1. The lowest BCUT2D eigenvalue weighted by Crippen LogP contribution is -2.27. The second-order valence-corrected chi connectivity index (χ2v) is 10.8. The molecule has 3 aromatic rings. The van der Waals surface area contributed by atoms with Crippen LogP contribution in [0.25, 0.3) is 0 Å². The van der Waals surface area contributed by atoms with E-state index in [4.69, 9.17) is 11.6 Å². The maximum atomic E-state index is 12.8. The lowest BCUT2D eigenvalue weighted by Gasteiger charge is -2.17. The molecule has 4 rings (SSSR count). The van der Waals surface area contributed by atoms with E-state index in [0.717, 1.165) is 12.8 Å². The molecule has 2 amide bonds. The Hall–Kier alpha value is -3.23. The third-order valence-electron chi connectivity index (χ3n) is 5.58. The molecule has 0 bridgehead atoms. The smallest absolute Gasteiger partial charge is 0.260 e. The van der Waals surface area contributed by atoms with Gasteiger partial charge in [-0.25, -0.2) is 13.4 Å². The van der Waals surface area contributed by atoms with E-state index in [9.17, 15) is 18.0 Å². The summed E-state index contributed by atoms with van der Waals surface area (Å²) in [6.45, 7) is 0. The number of carbonyl (C=O) groups is 2. The molecule has 2 aromatic carbocycles. The minimum absolute atomic E-state index is 0.0731. The van der Waals surface area contributed by atoms with Gasteiger partial charge in [0.05, 0.1) is 27.7 Å². The summed E-state index contributed by atoms with van der Waals surface area (Å²) in [5.41, 5.74) is 1.43. The second kappa shape index (κ2) is 9.95. The van der Waals surface area contributed by atoms with E-state index in [1.54, 1.807) is 67.8 Å². The van der Waals surface area contributed by atoms with Crippen molar-refractivity contribution in [1.29, 1.82) is 0 Å². The van der Waals surface area contributed by atoms with Crippen LogP contribution in [-0.2, 0) is 21.1 Å². The Morgan fingerprint density at radius 1 is 1.09 bits per heavy atom. The lowest BCUT2D eigenvalue weighted by atomic mass is 10.1. The van der Waals surface area contributed by atoms with E-state index in [-0.39, 0.29) is 45.4 Å². The first-order valence-electron chi connectivity index (χ1n) is 10.8. The van der Waals surface area contributed by atoms with E-state index in [1.807, 2.05) is 0 Å². The minimum Gasteiger partial charge on any atom is -0.326 e. The Balaban J connectivity index is 1.37. The SMILES string of the molecule is CN(C(=O)c1ccc(NC(=O)Cc2ccc(S(=O)(=O)CC3CC3)cc2)cc1Cl)c1ccccn1. The molecule has 9 heteroatoms. The van der Waals surface area contributed by atoms with Gasteiger partial charge in [-0.05, 0) is 66.8 Å². The number of pyridine rings is 1. The predicted octanol–water partition coefficient (Wildman–Crippen LogP) is 4.38. The van der Waals surface area contributed by atoms with Crippen LogP contribution in [0.2, 0.25) is 5.02 Å². The van der Waals surface area contributed by atoms with Crippen molar-refractivity contribution < 1.29 is 18.0 Å². The molecular formula is C25H24ClN3O4S. The molecule has 1 saturated carbocycles. The molecule has 0 aliphatic heterocycles. The van der Waals surface area contributed by atoms with Gasteiger partial charge >= 0.3 is 0 Å². The Bertz CT molecular complexity index is 1310. The van der Waals surface area contributed by atoms with E-state index < -0.39 is 9.84 Å². The summed E-state index contributed by atoms with van der Waals surface area (Å²) < 4.78 is 24.7. The van der Waals surface area contributed by atoms with Crippen LogP contribution >= 0.6 is 11.6 Å². The third kappa shape index (κ3) is 5.81. The normalized spacial score (nSPS) is 13.4. The van der Waals surface area contributed by atoms with E-state index in [1.165, 1.54) is 11.0 Å². The van der Waals surface area contributed by atoms with Gasteiger partial charge in [-0.3, -0.25) is 14.5 Å². The van der Waals surface area contributed by atoms with Gasteiger partial charge < -0.3 is 5.32 Å². The first-order valence-corrected chi connectivity index (χ1v) is 12.9. The molecule has 1 fully saturated rings. The van der Waals surface area contributed by atoms with Gasteiger partial charge in [0.15, 0.2) is 9.84 Å². The fraction of sp³-hybridized carbons (Fsp3) is 0.240. The topological polar surface area (TPSA) is 96.4 Å². The lowest BCUT2D eigenvalue weighted by molar-refractivity contribution is -0.115. The molecule has 1 aromatic heterocycles. The van der Waals surface area contributed by atoms with E-state index >= 15 is 0 Å². The number of halogens is 1. The number of anilines is 2. The first kappa shape index (κ1) is 23.9. The predicted molar refractivity (Wildman–Crippen MR) is 132 cm³/mol. The number of rotatable bonds is 8. The minimum atomic E-state index is -3.28.